The molecule has 2 unspecified atom stereocenters. The van der Waals surface area contributed by atoms with Gasteiger partial charge < -0.3 is 10.6 Å². The van der Waals surface area contributed by atoms with Gasteiger partial charge in [0.25, 0.3) is 5.91 Å². The number of anilines is 2. The first-order valence-electron chi connectivity index (χ1n) is 9.68. The zero-order valence-corrected chi connectivity index (χ0v) is 16.4. The molecule has 0 radical (unpaired) electrons. The molecule has 4 rings (SSSR count). The Morgan fingerprint density at radius 2 is 1.93 bits per heavy atom. The van der Waals surface area contributed by atoms with E-state index >= 15 is 0 Å². The van der Waals surface area contributed by atoms with E-state index in [1.54, 1.807) is 36.8 Å². The van der Waals surface area contributed by atoms with E-state index in [1.165, 1.54) is 0 Å². The van der Waals surface area contributed by atoms with E-state index in [2.05, 4.69) is 32.7 Å². The van der Waals surface area contributed by atoms with Gasteiger partial charge in [-0.15, -0.1) is 0 Å². The van der Waals surface area contributed by atoms with Gasteiger partial charge in [-0.25, -0.2) is 0 Å². The molecule has 3 N–H and O–H groups in total. The van der Waals surface area contributed by atoms with Crippen LogP contribution >= 0.6 is 0 Å². The molecule has 3 aromatic rings. The van der Waals surface area contributed by atoms with Gasteiger partial charge in [-0.05, 0) is 55.5 Å². The molecule has 2 amide bonds. The number of hydrogen-bond donors (Lipinski definition) is 3. The lowest BCUT2D eigenvalue weighted by atomic mass is 9.78. The van der Waals surface area contributed by atoms with Gasteiger partial charge in [0.2, 0.25) is 5.91 Å². The molecule has 1 aliphatic rings. The molecule has 2 atom stereocenters. The van der Waals surface area contributed by atoms with Crippen molar-refractivity contribution >= 4 is 23.2 Å². The number of aryl methyl sites for hydroxylation is 2. The first kappa shape index (κ1) is 18.9. The Bertz CT molecular complexity index is 1040. The molecule has 0 saturated heterocycles. The van der Waals surface area contributed by atoms with Crippen LogP contribution in [0.4, 0.5) is 11.4 Å². The van der Waals surface area contributed by atoms with Crippen LogP contribution in [-0.2, 0) is 11.2 Å². The molecular formula is C22H23N5O2. The highest BCUT2D eigenvalue weighted by Crippen LogP contribution is 2.36. The van der Waals surface area contributed by atoms with Gasteiger partial charge in [0.1, 0.15) is 0 Å². The predicted molar refractivity (Wildman–Crippen MR) is 111 cm³/mol. The van der Waals surface area contributed by atoms with Gasteiger partial charge in [-0.1, -0.05) is 13.0 Å². The number of aromatic nitrogens is 3. The normalized spacial score (nSPS) is 18.0. The second-order valence-electron chi connectivity index (χ2n) is 7.51. The zero-order valence-electron chi connectivity index (χ0n) is 16.4. The first-order valence-corrected chi connectivity index (χ1v) is 9.68. The van der Waals surface area contributed by atoms with Crippen LogP contribution in [-0.4, -0.2) is 27.0 Å². The van der Waals surface area contributed by atoms with Crippen molar-refractivity contribution in [3.05, 3.63) is 71.3 Å². The molecule has 7 nitrogen and oxygen atoms in total. The molecule has 2 aromatic heterocycles. The smallest absolute Gasteiger partial charge is 0.255 e. The van der Waals surface area contributed by atoms with Gasteiger partial charge in [0.05, 0.1) is 12.1 Å². The number of aromatic amines is 1. The van der Waals surface area contributed by atoms with Crippen LogP contribution < -0.4 is 10.6 Å². The van der Waals surface area contributed by atoms with Crippen molar-refractivity contribution in [3.8, 4) is 0 Å². The molecule has 2 heterocycles. The quantitative estimate of drug-likeness (QED) is 0.634. The van der Waals surface area contributed by atoms with Gasteiger partial charge in [0, 0.05) is 40.6 Å². The summed E-state index contributed by atoms with van der Waals surface area (Å²) in [6.45, 7) is 4.00. The summed E-state index contributed by atoms with van der Waals surface area (Å²) in [6, 6.07) is 8.83. The number of fused-ring (bicyclic) bond motifs is 1. The number of rotatable bonds is 4. The summed E-state index contributed by atoms with van der Waals surface area (Å²) in [6.07, 6.45) is 6.76. The number of H-pyrrole nitrogens is 1. The Morgan fingerprint density at radius 1 is 1.14 bits per heavy atom. The number of carbonyl (C=O) groups excluding carboxylic acids is 2. The van der Waals surface area contributed by atoms with Crippen LogP contribution in [0.3, 0.4) is 0 Å². The standard InChI is InChI=1S/C22H23N5O2/c1-13-3-5-16(11-19(13)26-21(28)15-7-9-23-10-8-15)25-22(29)20-14(2)4-6-18-17(20)12-24-27-18/h3,5,7-12,14,20H,4,6H2,1-2H3,(H,24,27)(H,25,29)(H,26,28). The first-order chi connectivity index (χ1) is 14.0. The molecule has 29 heavy (non-hydrogen) atoms. The van der Waals surface area contributed by atoms with Crippen LogP contribution in [0.5, 0.6) is 0 Å². The Hall–Kier alpha value is -3.48. The predicted octanol–water partition coefficient (Wildman–Crippen LogP) is 3.67. The van der Waals surface area contributed by atoms with Crippen molar-refractivity contribution in [1.82, 2.24) is 15.2 Å². The minimum absolute atomic E-state index is 0.0601. The number of nitrogens with zero attached hydrogens (tertiary/aromatic N) is 2. The van der Waals surface area contributed by atoms with Crippen molar-refractivity contribution in [2.24, 2.45) is 5.92 Å². The molecular weight excluding hydrogens is 366 g/mol. The van der Waals surface area contributed by atoms with Gasteiger partial charge in [-0.2, -0.15) is 5.10 Å². The van der Waals surface area contributed by atoms with Crippen LogP contribution in [0, 0.1) is 12.8 Å². The Labute approximate surface area is 168 Å². The average Bonchev–Trinajstić information content (AvgIpc) is 3.19. The minimum Gasteiger partial charge on any atom is -0.325 e. The summed E-state index contributed by atoms with van der Waals surface area (Å²) in [4.78, 5) is 29.4. The highest BCUT2D eigenvalue weighted by molar-refractivity contribution is 6.05. The molecule has 0 saturated carbocycles. The minimum atomic E-state index is -0.242. The molecule has 0 aliphatic heterocycles. The third-order valence-electron chi connectivity index (χ3n) is 5.48. The van der Waals surface area contributed by atoms with Crippen molar-refractivity contribution in [2.75, 3.05) is 10.6 Å². The SMILES string of the molecule is Cc1ccc(NC(=O)C2c3cn[nH]c3CCC2C)cc1NC(=O)c1ccncc1. The van der Waals surface area contributed by atoms with E-state index in [-0.39, 0.29) is 23.7 Å². The Kier molecular flexibility index (Phi) is 5.12. The Morgan fingerprint density at radius 3 is 2.72 bits per heavy atom. The summed E-state index contributed by atoms with van der Waals surface area (Å²) in [5.41, 5.74) is 4.75. The highest BCUT2D eigenvalue weighted by Gasteiger charge is 2.33. The van der Waals surface area contributed by atoms with Gasteiger partial charge in [0.15, 0.2) is 0 Å². The van der Waals surface area contributed by atoms with E-state index in [0.29, 0.717) is 16.9 Å². The molecule has 0 spiro atoms. The molecule has 148 valence electrons. The number of pyridine rings is 1. The molecule has 7 heteroatoms. The van der Waals surface area contributed by atoms with Crippen LogP contribution in [0.2, 0.25) is 0 Å². The van der Waals surface area contributed by atoms with E-state index in [4.69, 9.17) is 0 Å². The number of nitrogens with one attached hydrogen (secondary N) is 3. The fourth-order valence-corrected chi connectivity index (χ4v) is 3.79. The van der Waals surface area contributed by atoms with E-state index in [9.17, 15) is 9.59 Å². The lowest BCUT2D eigenvalue weighted by molar-refractivity contribution is -0.118. The largest absolute Gasteiger partial charge is 0.325 e. The lowest BCUT2D eigenvalue weighted by Crippen LogP contribution is -2.29. The van der Waals surface area contributed by atoms with E-state index < -0.39 is 0 Å². The number of carbonyl (C=O) groups is 2. The summed E-state index contributed by atoms with van der Waals surface area (Å²) in [5, 5.41) is 13.0. The van der Waals surface area contributed by atoms with E-state index in [1.807, 2.05) is 19.1 Å². The second kappa shape index (κ2) is 7.87. The number of benzene rings is 1. The van der Waals surface area contributed by atoms with Crippen molar-refractivity contribution in [1.29, 1.82) is 0 Å². The topological polar surface area (TPSA) is 99.8 Å². The maximum absolute atomic E-state index is 13.0. The molecule has 0 bridgehead atoms. The summed E-state index contributed by atoms with van der Waals surface area (Å²) in [7, 11) is 0. The fourth-order valence-electron chi connectivity index (χ4n) is 3.79. The third kappa shape index (κ3) is 3.89. The lowest BCUT2D eigenvalue weighted by Gasteiger charge is -2.27. The third-order valence-corrected chi connectivity index (χ3v) is 5.48. The number of hydrogen-bond acceptors (Lipinski definition) is 4. The maximum atomic E-state index is 13.0. The highest BCUT2D eigenvalue weighted by atomic mass is 16.2. The summed E-state index contributed by atoms with van der Waals surface area (Å²) < 4.78 is 0. The molecule has 1 aromatic carbocycles. The van der Waals surface area contributed by atoms with Crippen molar-refractivity contribution in [3.63, 3.8) is 0 Å². The van der Waals surface area contributed by atoms with Crippen molar-refractivity contribution in [2.45, 2.75) is 32.6 Å². The average molecular weight is 389 g/mol. The summed E-state index contributed by atoms with van der Waals surface area (Å²) in [5.74, 6) is -0.289. The van der Waals surface area contributed by atoms with Crippen molar-refractivity contribution < 1.29 is 9.59 Å². The molecule has 0 fully saturated rings. The fraction of sp³-hybridized carbons (Fsp3) is 0.273. The summed E-state index contributed by atoms with van der Waals surface area (Å²) >= 11 is 0. The maximum Gasteiger partial charge on any atom is 0.255 e. The monoisotopic (exact) mass is 389 g/mol. The second-order valence-corrected chi connectivity index (χ2v) is 7.51. The van der Waals surface area contributed by atoms with Crippen LogP contribution in [0.25, 0.3) is 0 Å². The zero-order chi connectivity index (χ0) is 20.4. The van der Waals surface area contributed by atoms with Crippen LogP contribution in [0.1, 0.15) is 46.4 Å². The number of amides is 2. The van der Waals surface area contributed by atoms with E-state index in [0.717, 1.165) is 29.7 Å². The molecule has 1 aliphatic carbocycles. The van der Waals surface area contributed by atoms with Gasteiger partial charge >= 0.3 is 0 Å². The Balaban J connectivity index is 1.52. The van der Waals surface area contributed by atoms with Gasteiger partial charge in [-0.3, -0.25) is 19.7 Å². The van der Waals surface area contributed by atoms with Crippen LogP contribution in [0.15, 0.2) is 48.9 Å².